The summed E-state index contributed by atoms with van der Waals surface area (Å²) in [5, 5.41) is 10.4. The maximum Gasteiger partial charge on any atom is 0.433 e. The summed E-state index contributed by atoms with van der Waals surface area (Å²) in [6.45, 7) is 1.34. The van der Waals surface area contributed by atoms with Crippen molar-refractivity contribution < 1.29 is 27.7 Å². The van der Waals surface area contributed by atoms with Gasteiger partial charge in [0.05, 0.1) is 6.07 Å². The molecule has 21 heavy (non-hydrogen) atoms. The Morgan fingerprint density at radius 2 is 2.05 bits per heavy atom. The van der Waals surface area contributed by atoms with Crippen LogP contribution in [0.1, 0.15) is 29.1 Å². The van der Waals surface area contributed by atoms with Crippen molar-refractivity contribution in [2.75, 3.05) is 0 Å². The summed E-state index contributed by atoms with van der Waals surface area (Å²) in [5.41, 5.74) is -0.149. The van der Waals surface area contributed by atoms with Crippen molar-refractivity contribution in [2.45, 2.75) is 13.0 Å². The summed E-state index contributed by atoms with van der Waals surface area (Å²) >= 11 is 0. The van der Waals surface area contributed by atoms with Crippen LogP contribution in [0.15, 0.2) is 34.7 Å². The van der Waals surface area contributed by atoms with Crippen LogP contribution in [0.2, 0.25) is 0 Å². The summed E-state index contributed by atoms with van der Waals surface area (Å²) < 4.78 is 36.1. The first-order chi connectivity index (χ1) is 9.88. The molecule has 1 heterocycles. The van der Waals surface area contributed by atoms with Crippen LogP contribution < -0.4 is 0 Å². The molecule has 1 aromatic carbocycles. The predicted molar refractivity (Wildman–Crippen MR) is 65.6 cm³/mol. The van der Waals surface area contributed by atoms with Gasteiger partial charge < -0.3 is 9.15 Å². The van der Waals surface area contributed by atoms with E-state index in [1.54, 1.807) is 0 Å². The van der Waals surface area contributed by atoms with Crippen LogP contribution in [0, 0.1) is 21.7 Å². The lowest BCUT2D eigenvalue weighted by Gasteiger charge is -2.13. The number of furan rings is 1. The quantitative estimate of drug-likeness (QED) is 0.491. The van der Waals surface area contributed by atoms with Gasteiger partial charge in [0.1, 0.15) is 22.7 Å². The lowest BCUT2D eigenvalue weighted by Crippen LogP contribution is -2.10. The second-order valence-corrected chi connectivity index (χ2v) is 4.11. The molecular weight excluding hydrogens is 288 g/mol. The van der Waals surface area contributed by atoms with Crippen LogP contribution in [-0.4, -0.2) is 10.9 Å². The van der Waals surface area contributed by atoms with Crippen LogP contribution in [0.5, 0.6) is 0 Å². The molecule has 0 bridgehead atoms. The number of halogens is 2. The molecule has 1 aromatic heterocycles. The zero-order valence-electron chi connectivity index (χ0n) is 10.7. The van der Waals surface area contributed by atoms with Gasteiger partial charge >= 0.3 is 11.9 Å². The van der Waals surface area contributed by atoms with E-state index >= 15 is 0 Å². The first-order valence-corrected chi connectivity index (χ1v) is 5.78. The van der Waals surface area contributed by atoms with E-state index in [9.17, 15) is 23.7 Å². The number of nitro groups is 1. The molecule has 0 saturated heterocycles. The van der Waals surface area contributed by atoms with Crippen LogP contribution in [0.25, 0.3) is 0 Å². The van der Waals surface area contributed by atoms with Crippen LogP contribution in [0.3, 0.4) is 0 Å². The fourth-order valence-electron chi connectivity index (χ4n) is 1.64. The summed E-state index contributed by atoms with van der Waals surface area (Å²) in [6, 6.07) is 4.80. The molecule has 0 fully saturated rings. The summed E-state index contributed by atoms with van der Waals surface area (Å²) in [5.74, 6) is -3.44. The minimum atomic E-state index is -1.09. The van der Waals surface area contributed by atoms with E-state index < -0.39 is 40.3 Å². The molecule has 0 aliphatic heterocycles. The Bertz CT molecular complexity index is 698. The number of hydrogen-bond acceptors (Lipinski definition) is 5. The third kappa shape index (κ3) is 3.22. The number of nitrogens with zero attached hydrogens (tertiary/aromatic N) is 1. The molecule has 0 saturated carbocycles. The Morgan fingerprint density at radius 3 is 2.67 bits per heavy atom. The average Bonchev–Trinajstić information content (AvgIpc) is 2.91. The van der Waals surface area contributed by atoms with E-state index in [1.165, 1.54) is 6.92 Å². The summed E-state index contributed by atoms with van der Waals surface area (Å²) in [4.78, 5) is 21.3. The van der Waals surface area contributed by atoms with Gasteiger partial charge in [-0.3, -0.25) is 10.1 Å². The molecule has 8 heteroatoms. The number of ether oxygens (including phenoxy) is 1. The molecule has 0 radical (unpaired) electrons. The number of esters is 1. The Hall–Kier alpha value is -2.77. The van der Waals surface area contributed by atoms with Gasteiger partial charge in [0, 0.05) is 5.56 Å². The third-order valence-corrected chi connectivity index (χ3v) is 2.65. The SMILES string of the molecule is C[C@@H](OC(=O)c1ccc([N+](=O)[O-])o1)c1cc(F)ccc1F. The highest BCUT2D eigenvalue weighted by atomic mass is 19.1. The van der Waals surface area contributed by atoms with Gasteiger partial charge in [-0.05, 0) is 31.2 Å². The van der Waals surface area contributed by atoms with Crippen molar-refractivity contribution in [3.63, 3.8) is 0 Å². The molecule has 0 amide bonds. The standard InChI is InChI=1S/C13H9F2NO5/c1-7(9-6-8(14)2-3-10(9)15)20-13(17)11-4-5-12(21-11)16(18)19/h2-7H,1H3/t7-/m1/s1. The molecule has 0 aliphatic carbocycles. The lowest BCUT2D eigenvalue weighted by molar-refractivity contribution is -0.402. The van der Waals surface area contributed by atoms with E-state index in [-0.39, 0.29) is 5.56 Å². The smallest absolute Gasteiger partial charge is 0.433 e. The number of benzene rings is 1. The van der Waals surface area contributed by atoms with Crippen LogP contribution in [-0.2, 0) is 4.74 Å². The molecule has 0 aliphatic rings. The third-order valence-electron chi connectivity index (χ3n) is 2.65. The van der Waals surface area contributed by atoms with Gasteiger partial charge in [-0.25, -0.2) is 13.6 Å². The fourth-order valence-corrected chi connectivity index (χ4v) is 1.64. The molecule has 0 N–H and O–H groups in total. The minimum absolute atomic E-state index is 0.149. The monoisotopic (exact) mass is 297 g/mol. The summed E-state index contributed by atoms with van der Waals surface area (Å²) in [6.07, 6.45) is -1.09. The van der Waals surface area contributed by atoms with Gasteiger partial charge in [-0.1, -0.05) is 0 Å². The second-order valence-electron chi connectivity index (χ2n) is 4.11. The molecule has 0 unspecified atom stereocenters. The van der Waals surface area contributed by atoms with Gasteiger partial charge in [-0.15, -0.1) is 0 Å². The number of carbonyl (C=O) groups is 1. The first-order valence-electron chi connectivity index (χ1n) is 5.78. The highest BCUT2D eigenvalue weighted by molar-refractivity contribution is 5.86. The topological polar surface area (TPSA) is 82.6 Å². The van der Waals surface area contributed by atoms with E-state index in [0.29, 0.717) is 0 Å². The van der Waals surface area contributed by atoms with Crippen LogP contribution >= 0.6 is 0 Å². The Kier molecular flexibility index (Phi) is 3.97. The van der Waals surface area contributed by atoms with Gasteiger partial charge in [0.15, 0.2) is 0 Å². The van der Waals surface area contributed by atoms with Crippen molar-refractivity contribution in [1.82, 2.24) is 0 Å². The van der Waals surface area contributed by atoms with Crippen molar-refractivity contribution in [1.29, 1.82) is 0 Å². The van der Waals surface area contributed by atoms with Crippen molar-refractivity contribution in [3.8, 4) is 0 Å². The Morgan fingerprint density at radius 1 is 1.33 bits per heavy atom. The minimum Gasteiger partial charge on any atom is -0.452 e. The molecule has 2 rings (SSSR count). The zero-order chi connectivity index (χ0) is 15.6. The number of rotatable bonds is 4. The molecule has 110 valence electrons. The second kappa shape index (κ2) is 5.70. The van der Waals surface area contributed by atoms with Gasteiger partial charge in [-0.2, -0.15) is 0 Å². The molecule has 2 aromatic rings. The molecular formula is C13H9F2NO5. The van der Waals surface area contributed by atoms with Crippen molar-refractivity contribution in [3.05, 3.63) is 63.4 Å². The Balaban J connectivity index is 2.14. The van der Waals surface area contributed by atoms with E-state index in [0.717, 1.165) is 30.3 Å². The molecule has 1 atom stereocenters. The fraction of sp³-hybridized carbons (Fsp3) is 0.154. The van der Waals surface area contributed by atoms with Crippen molar-refractivity contribution >= 4 is 11.9 Å². The largest absolute Gasteiger partial charge is 0.452 e. The number of carbonyl (C=O) groups excluding carboxylic acids is 1. The maximum absolute atomic E-state index is 13.5. The van der Waals surface area contributed by atoms with Crippen LogP contribution in [0.4, 0.5) is 14.7 Å². The molecule has 6 nitrogen and oxygen atoms in total. The van der Waals surface area contributed by atoms with Gasteiger partial charge in [0.25, 0.3) is 0 Å². The average molecular weight is 297 g/mol. The zero-order valence-corrected chi connectivity index (χ0v) is 10.7. The normalized spacial score (nSPS) is 12.0. The van der Waals surface area contributed by atoms with Crippen molar-refractivity contribution in [2.24, 2.45) is 0 Å². The van der Waals surface area contributed by atoms with Gasteiger partial charge in [0.2, 0.25) is 5.76 Å². The van der Waals surface area contributed by atoms with E-state index in [4.69, 9.17) is 4.74 Å². The highest BCUT2D eigenvalue weighted by Gasteiger charge is 2.22. The van der Waals surface area contributed by atoms with E-state index in [1.807, 2.05) is 0 Å². The highest BCUT2D eigenvalue weighted by Crippen LogP contribution is 2.24. The maximum atomic E-state index is 13.5. The number of hydrogen-bond donors (Lipinski definition) is 0. The van der Waals surface area contributed by atoms with E-state index in [2.05, 4.69) is 4.42 Å². The predicted octanol–water partition coefficient (Wildman–Crippen LogP) is 3.38. The lowest BCUT2D eigenvalue weighted by atomic mass is 10.1. The first kappa shape index (κ1) is 14.6. The molecule has 0 spiro atoms. The summed E-state index contributed by atoms with van der Waals surface area (Å²) in [7, 11) is 0. The Labute approximate surface area is 117 Å².